The van der Waals surface area contributed by atoms with Crippen LogP contribution in [-0.4, -0.2) is 39.2 Å². The number of fused-ring (bicyclic) bond motifs is 2. The van der Waals surface area contributed by atoms with E-state index in [0.29, 0.717) is 45.5 Å². The predicted molar refractivity (Wildman–Crippen MR) is 129 cm³/mol. The minimum atomic E-state index is -3.87. The Bertz CT molecular complexity index is 1530. The first kappa shape index (κ1) is 22.7. The number of ether oxygens (including phenoxy) is 4. The summed E-state index contributed by atoms with van der Waals surface area (Å²) < 4.78 is 46.2. The zero-order chi connectivity index (χ0) is 24.6. The molecule has 1 unspecified atom stereocenters. The molecule has 0 fully saturated rings. The Kier molecular flexibility index (Phi) is 5.79. The molecule has 35 heavy (non-hydrogen) atoms. The van der Waals surface area contributed by atoms with E-state index in [-0.39, 0.29) is 17.3 Å². The number of aromatic nitrogens is 2. The molecule has 0 bridgehead atoms. The van der Waals surface area contributed by atoms with Crippen molar-refractivity contribution in [2.45, 2.75) is 11.0 Å². The lowest BCUT2D eigenvalue weighted by Crippen LogP contribution is -2.24. The molecule has 0 radical (unpaired) electrons. The molecule has 2 heterocycles. The number of hydrogen-bond donors (Lipinski definition) is 2. The van der Waals surface area contributed by atoms with E-state index in [1.807, 2.05) is 24.3 Å². The van der Waals surface area contributed by atoms with Gasteiger partial charge in [0.05, 0.1) is 35.8 Å². The fourth-order valence-corrected chi connectivity index (χ4v) is 4.26. The van der Waals surface area contributed by atoms with Crippen molar-refractivity contribution in [2.24, 2.45) is 5.14 Å². The monoisotopic (exact) mass is 494 g/mol. The molecule has 0 aliphatic carbocycles. The van der Waals surface area contributed by atoms with Gasteiger partial charge < -0.3 is 24.3 Å². The first-order valence-electron chi connectivity index (χ1n) is 10.6. The third kappa shape index (κ3) is 4.51. The smallest absolute Gasteiger partial charge is 0.238 e. The van der Waals surface area contributed by atoms with Crippen LogP contribution in [0.25, 0.3) is 11.0 Å². The molecule has 0 saturated carbocycles. The van der Waals surface area contributed by atoms with E-state index in [9.17, 15) is 8.42 Å². The van der Waals surface area contributed by atoms with Gasteiger partial charge in [-0.05, 0) is 36.4 Å². The molecule has 11 heteroatoms. The lowest BCUT2D eigenvalue weighted by Gasteiger charge is -2.27. The molecule has 0 saturated heterocycles. The second-order valence-corrected chi connectivity index (χ2v) is 9.27. The third-order valence-electron chi connectivity index (χ3n) is 5.47. The summed E-state index contributed by atoms with van der Waals surface area (Å²) in [7, 11) is -0.714. The average molecular weight is 495 g/mol. The van der Waals surface area contributed by atoms with E-state index in [2.05, 4.69) is 5.32 Å². The molecular formula is C24H22N4O6S. The van der Waals surface area contributed by atoms with Crippen LogP contribution in [-0.2, 0) is 10.0 Å². The zero-order valence-electron chi connectivity index (χ0n) is 18.9. The van der Waals surface area contributed by atoms with Crippen LogP contribution in [0.15, 0.2) is 65.6 Å². The van der Waals surface area contributed by atoms with Gasteiger partial charge in [-0.1, -0.05) is 12.1 Å². The van der Waals surface area contributed by atoms with Gasteiger partial charge in [0.2, 0.25) is 10.0 Å². The number of anilines is 2. The van der Waals surface area contributed by atoms with Crippen LogP contribution in [0, 0.1) is 0 Å². The molecule has 1 aliphatic rings. The van der Waals surface area contributed by atoms with Gasteiger partial charge in [0.25, 0.3) is 0 Å². The number of nitrogens with one attached hydrogen (secondary N) is 1. The standard InChI is InChI=1S/C24H22N4O6S/c1-31-14-7-9-19(32-2)18(11-14)28-24-23(26-16-5-3-4-6-17(16)27-24)22-13-33-21-12-15(35(25,29)30)8-10-20(21)34-22/h3-12,22H,13H2,1-2H3,(H,27,28)(H2,25,29,30). The fourth-order valence-electron chi connectivity index (χ4n) is 3.73. The van der Waals surface area contributed by atoms with Gasteiger partial charge in [0.1, 0.15) is 23.8 Å². The van der Waals surface area contributed by atoms with Gasteiger partial charge in [-0.2, -0.15) is 0 Å². The number of sulfonamides is 1. The first-order valence-corrected chi connectivity index (χ1v) is 12.1. The molecule has 1 atom stereocenters. The second-order valence-electron chi connectivity index (χ2n) is 7.71. The maximum absolute atomic E-state index is 11.7. The number of benzene rings is 3. The number of nitrogens with two attached hydrogens (primary N) is 1. The van der Waals surface area contributed by atoms with Crippen molar-refractivity contribution in [1.29, 1.82) is 0 Å². The van der Waals surface area contributed by atoms with Crippen LogP contribution < -0.4 is 29.4 Å². The van der Waals surface area contributed by atoms with Crippen LogP contribution in [0.1, 0.15) is 11.8 Å². The van der Waals surface area contributed by atoms with Crippen LogP contribution in [0.5, 0.6) is 23.0 Å². The molecule has 4 aromatic rings. The van der Waals surface area contributed by atoms with Crippen molar-refractivity contribution in [1.82, 2.24) is 9.97 Å². The van der Waals surface area contributed by atoms with Gasteiger partial charge in [0.15, 0.2) is 23.4 Å². The predicted octanol–water partition coefficient (Wildman–Crippen LogP) is 3.55. The highest BCUT2D eigenvalue weighted by Crippen LogP contribution is 2.40. The zero-order valence-corrected chi connectivity index (χ0v) is 19.7. The Labute approximate surface area is 201 Å². The van der Waals surface area contributed by atoms with Crippen LogP contribution in [0.3, 0.4) is 0 Å². The van der Waals surface area contributed by atoms with E-state index in [0.717, 1.165) is 0 Å². The number of rotatable bonds is 6. The number of para-hydroxylation sites is 2. The Morgan fingerprint density at radius 3 is 2.46 bits per heavy atom. The molecule has 3 N–H and O–H groups in total. The number of nitrogens with zero attached hydrogens (tertiary/aromatic N) is 2. The summed E-state index contributed by atoms with van der Waals surface area (Å²) in [5.74, 6) is 2.33. The lowest BCUT2D eigenvalue weighted by atomic mass is 10.2. The maximum Gasteiger partial charge on any atom is 0.238 e. The summed E-state index contributed by atoms with van der Waals surface area (Å²) in [6.07, 6.45) is -0.626. The van der Waals surface area contributed by atoms with Crippen molar-refractivity contribution in [3.05, 3.63) is 66.4 Å². The summed E-state index contributed by atoms with van der Waals surface area (Å²) in [4.78, 5) is 9.52. The van der Waals surface area contributed by atoms with Crippen LogP contribution >= 0.6 is 0 Å². The SMILES string of the molecule is COc1ccc(OC)c(Nc2nc3ccccc3nc2C2COc3cc(S(N)(=O)=O)ccc3O2)c1. The molecular weight excluding hydrogens is 472 g/mol. The molecule has 3 aromatic carbocycles. The Morgan fingerprint density at radius 2 is 1.74 bits per heavy atom. The van der Waals surface area contributed by atoms with Gasteiger partial charge in [-0.25, -0.2) is 23.5 Å². The molecule has 10 nitrogen and oxygen atoms in total. The molecule has 0 amide bonds. The summed E-state index contributed by atoms with van der Waals surface area (Å²) in [5.41, 5.74) is 2.52. The van der Waals surface area contributed by atoms with Gasteiger partial charge in [-0.15, -0.1) is 0 Å². The molecule has 180 valence electrons. The highest BCUT2D eigenvalue weighted by molar-refractivity contribution is 7.89. The van der Waals surface area contributed by atoms with Crippen molar-refractivity contribution in [3.8, 4) is 23.0 Å². The molecule has 0 spiro atoms. The fraction of sp³-hybridized carbons (Fsp3) is 0.167. The third-order valence-corrected chi connectivity index (χ3v) is 6.38. The van der Waals surface area contributed by atoms with Crippen molar-refractivity contribution < 1.29 is 27.4 Å². The van der Waals surface area contributed by atoms with Gasteiger partial charge >= 0.3 is 0 Å². The summed E-state index contributed by atoms with van der Waals surface area (Å²) in [5, 5.41) is 8.53. The normalized spacial score (nSPS) is 15.0. The van der Waals surface area contributed by atoms with Crippen LogP contribution in [0.2, 0.25) is 0 Å². The first-order chi connectivity index (χ1) is 16.9. The summed E-state index contributed by atoms with van der Waals surface area (Å²) in [6.45, 7) is 0.0814. The van der Waals surface area contributed by atoms with Crippen molar-refractivity contribution in [3.63, 3.8) is 0 Å². The van der Waals surface area contributed by atoms with Crippen molar-refractivity contribution >= 4 is 32.6 Å². The largest absolute Gasteiger partial charge is 0.497 e. The minimum Gasteiger partial charge on any atom is -0.497 e. The quantitative estimate of drug-likeness (QED) is 0.412. The molecule has 1 aromatic heterocycles. The lowest BCUT2D eigenvalue weighted by molar-refractivity contribution is 0.0885. The van der Waals surface area contributed by atoms with Crippen molar-refractivity contribution in [2.75, 3.05) is 26.1 Å². The summed E-state index contributed by atoms with van der Waals surface area (Å²) >= 11 is 0. The maximum atomic E-state index is 11.7. The van der Waals surface area contributed by atoms with Gasteiger partial charge in [0, 0.05) is 12.1 Å². The number of methoxy groups -OCH3 is 2. The number of primary sulfonamides is 1. The van der Waals surface area contributed by atoms with Crippen LogP contribution in [0.4, 0.5) is 11.5 Å². The molecule has 5 rings (SSSR count). The summed E-state index contributed by atoms with van der Waals surface area (Å²) in [6, 6.07) is 17.1. The Hall–Kier alpha value is -4.09. The number of hydrogen-bond acceptors (Lipinski definition) is 9. The van der Waals surface area contributed by atoms with Gasteiger partial charge in [-0.3, -0.25) is 0 Å². The Balaban J connectivity index is 1.56. The van der Waals surface area contributed by atoms with E-state index in [4.69, 9.17) is 34.1 Å². The topological polar surface area (TPSA) is 135 Å². The second kappa shape index (κ2) is 8.93. The highest BCUT2D eigenvalue weighted by atomic mass is 32.2. The Morgan fingerprint density at radius 1 is 0.971 bits per heavy atom. The average Bonchev–Trinajstić information content (AvgIpc) is 2.87. The molecule has 1 aliphatic heterocycles. The minimum absolute atomic E-state index is 0.0590. The van der Waals surface area contributed by atoms with E-state index < -0.39 is 16.1 Å². The van der Waals surface area contributed by atoms with E-state index in [1.165, 1.54) is 18.2 Å². The highest BCUT2D eigenvalue weighted by Gasteiger charge is 2.29. The van der Waals surface area contributed by atoms with E-state index >= 15 is 0 Å². The van der Waals surface area contributed by atoms with E-state index in [1.54, 1.807) is 32.4 Å².